The van der Waals surface area contributed by atoms with Crippen molar-refractivity contribution in [3.63, 3.8) is 0 Å². The molecule has 0 saturated carbocycles. The maximum atomic E-state index is 11.8. The maximum Gasteiger partial charge on any atom is 0.270 e. The zero-order valence-corrected chi connectivity index (χ0v) is 9.53. The number of aryl methyl sites for hydroxylation is 1. The van der Waals surface area contributed by atoms with Gasteiger partial charge in [0.15, 0.2) is 0 Å². The van der Waals surface area contributed by atoms with Gasteiger partial charge in [-0.1, -0.05) is 13.0 Å². The van der Waals surface area contributed by atoms with Crippen molar-refractivity contribution < 1.29 is 4.79 Å². The van der Waals surface area contributed by atoms with Crippen molar-refractivity contribution in [3.05, 3.63) is 29.6 Å². The van der Waals surface area contributed by atoms with E-state index in [9.17, 15) is 4.79 Å². The molecule has 16 heavy (non-hydrogen) atoms. The molecule has 1 aromatic heterocycles. The molecule has 84 valence electrons. The monoisotopic (exact) mass is 217 g/mol. The summed E-state index contributed by atoms with van der Waals surface area (Å²) >= 11 is 0. The van der Waals surface area contributed by atoms with Crippen molar-refractivity contribution in [3.8, 4) is 6.07 Å². The molecule has 4 nitrogen and oxygen atoms in total. The Morgan fingerprint density at radius 2 is 2.44 bits per heavy atom. The van der Waals surface area contributed by atoms with Crippen LogP contribution in [0.4, 0.5) is 0 Å². The Morgan fingerprint density at radius 3 is 3.00 bits per heavy atom. The number of carbonyl (C=O) groups excluding carboxylic acids is 1. The highest BCUT2D eigenvalue weighted by molar-refractivity contribution is 5.93. The summed E-state index contributed by atoms with van der Waals surface area (Å²) in [4.78, 5) is 15.9. The summed E-state index contributed by atoms with van der Waals surface area (Å²) in [5, 5.41) is 11.4. The molecule has 0 aromatic carbocycles. The highest BCUT2D eigenvalue weighted by atomic mass is 16.1. The SMILES string of the molecule is CCC(CC#N)NC(=O)c1ncccc1C. The zero-order valence-electron chi connectivity index (χ0n) is 9.53. The number of hydrogen-bond acceptors (Lipinski definition) is 3. The molecule has 0 saturated heterocycles. The minimum atomic E-state index is -0.208. The third-order valence-electron chi connectivity index (χ3n) is 2.39. The van der Waals surface area contributed by atoms with Crippen molar-refractivity contribution >= 4 is 5.91 Å². The average molecular weight is 217 g/mol. The summed E-state index contributed by atoms with van der Waals surface area (Å²) in [7, 11) is 0. The van der Waals surface area contributed by atoms with Crippen LogP contribution in [0, 0.1) is 18.3 Å². The number of nitrogens with one attached hydrogen (secondary N) is 1. The van der Waals surface area contributed by atoms with Crippen LogP contribution in [0.1, 0.15) is 35.8 Å². The predicted molar refractivity (Wildman–Crippen MR) is 60.7 cm³/mol. The topological polar surface area (TPSA) is 65.8 Å². The molecule has 0 spiro atoms. The second-order valence-electron chi connectivity index (χ2n) is 3.61. The van der Waals surface area contributed by atoms with Crippen LogP contribution in [-0.4, -0.2) is 16.9 Å². The van der Waals surface area contributed by atoms with Crippen LogP contribution in [0.3, 0.4) is 0 Å². The van der Waals surface area contributed by atoms with E-state index in [-0.39, 0.29) is 11.9 Å². The standard InChI is InChI=1S/C12H15N3O/c1-3-10(6-7-13)15-12(16)11-9(2)5-4-8-14-11/h4-5,8,10H,3,6H2,1-2H3,(H,15,16). The van der Waals surface area contributed by atoms with E-state index in [1.54, 1.807) is 12.3 Å². The fraction of sp³-hybridized carbons (Fsp3) is 0.417. The number of carbonyl (C=O) groups is 1. The van der Waals surface area contributed by atoms with Crippen molar-refractivity contribution in [2.24, 2.45) is 0 Å². The van der Waals surface area contributed by atoms with Crippen LogP contribution in [-0.2, 0) is 0 Å². The minimum absolute atomic E-state index is 0.0982. The number of nitrogens with zero attached hydrogens (tertiary/aromatic N) is 2. The lowest BCUT2D eigenvalue weighted by atomic mass is 10.1. The van der Waals surface area contributed by atoms with Crippen molar-refractivity contribution in [2.45, 2.75) is 32.7 Å². The van der Waals surface area contributed by atoms with Crippen LogP contribution >= 0.6 is 0 Å². The summed E-state index contributed by atoms with van der Waals surface area (Å²) in [6.45, 7) is 3.78. The molecule has 0 aliphatic heterocycles. The molecule has 4 heteroatoms. The van der Waals surface area contributed by atoms with Gasteiger partial charge >= 0.3 is 0 Å². The van der Waals surface area contributed by atoms with Gasteiger partial charge in [-0.15, -0.1) is 0 Å². The van der Waals surface area contributed by atoms with E-state index in [0.29, 0.717) is 12.1 Å². The summed E-state index contributed by atoms with van der Waals surface area (Å²) in [6, 6.07) is 5.59. The van der Waals surface area contributed by atoms with Crippen molar-refractivity contribution in [1.29, 1.82) is 5.26 Å². The Kier molecular flexibility index (Phi) is 4.46. The van der Waals surface area contributed by atoms with Gasteiger partial charge in [-0.05, 0) is 25.0 Å². The zero-order chi connectivity index (χ0) is 12.0. The van der Waals surface area contributed by atoms with Gasteiger partial charge in [-0.3, -0.25) is 9.78 Å². The third-order valence-corrected chi connectivity index (χ3v) is 2.39. The summed E-state index contributed by atoms with van der Waals surface area (Å²) < 4.78 is 0. The number of hydrogen-bond donors (Lipinski definition) is 1. The molecule has 1 N–H and O–H groups in total. The summed E-state index contributed by atoms with van der Waals surface area (Å²) in [5.74, 6) is -0.208. The Labute approximate surface area is 95.3 Å². The normalized spacial score (nSPS) is 11.6. The van der Waals surface area contributed by atoms with Gasteiger partial charge in [-0.2, -0.15) is 5.26 Å². The molecule has 0 bridgehead atoms. The van der Waals surface area contributed by atoms with E-state index >= 15 is 0 Å². The van der Waals surface area contributed by atoms with Crippen molar-refractivity contribution in [2.75, 3.05) is 0 Å². The quantitative estimate of drug-likeness (QED) is 0.836. The highest BCUT2D eigenvalue weighted by Gasteiger charge is 2.14. The molecule has 1 rings (SSSR count). The van der Waals surface area contributed by atoms with Gasteiger partial charge in [0.25, 0.3) is 5.91 Å². The van der Waals surface area contributed by atoms with E-state index in [1.807, 2.05) is 19.9 Å². The van der Waals surface area contributed by atoms with Crippen LogP contribution in [0.25, 0.3) is 0 Å². The summed E-state index contributed by atoms with van der Waals surface area (Å²) in [6.07, 6.45) is 2.66. The smallest absolute Gasteiger partial charge is 0.270 e. The molecule has 0 aliphatic rings. The molecular weight excluding hydrogens is 202 g/mol. The van der Waals surface area contributed by atoms with Gasteiger partial charge in [0, 0.05) is 12.2 Å². The van der Waals surface area contributed by atoms with Crippen LogP contribution < -0.4 is 5.32 Å². The number of amides is 1. The van der Waals surface area contributed by atoms with Gasteiger partial charge in [0.2, 0.25) is 0 Å². The molecule has 1 heterocycles. The summed E-state index contributed by atoms with van der Waals surface area (Å²) in [5.41, 5.74) is 1.27. The second-order valence-corrected chi connectivity index (χ2v) is 3.61. The van der Waals surface area contributed by atoms with Gasteiger partial charge < -0.3 is 5.32 Å². The Balaban J connectivity index is 2.73. The van der Waals surface area contributed by atoms with E-state index in [1.165, 1.54) is 0 Å². The molecule has 1 aromatic rings. The largest absolute Gasteiger partial charge is 0.347 e. The first kappa shape index (κ1) is 12.2. The number of nitriles is 1. The molecule has 0 fully saturated rings. The van der Waals surface area contributed by atoms with Gasteiger partial charge in [-0.25, -0.2) is 0 Å². The van der Waals surface area contributed by atoms with Gasteiger partial charge in [0.05, 0.1) is 12.5 Å². The van der Waals surface area contributed by atoms with E-state index in [0.717, 1.165) is 12.0 Å². The lowest BCUT2D eigenvalue weighted by Gasteiger charge is -2.13. The predicted octanol–water partition coefficient (Wildman–Crippen LogP) is 1.81. The number of rotatable bonds is 4. The van der Waals surface area contributed by atoms with E-state index in [4.69, 9.17) is 5.26 Å². The third kappa shape index (κ3) is 3.06. The molecule has 1 unspecified atom stereocenters. The van der Waals surface area contributed by atoms with E-state index < -0.39 is 0 Å². The van der Waals surface area contributed by atoms with Gasteiger partial charge in [0.1, 0.15) is 5.69 Å². The minimum Gasteiger partial charge on any atom is -0.347 e. The Morgan fingerprint density at radius 1 is 1.69 bits per heavy atom. The number of pyridine rings is 1. The first-order valence-electron chi connectivity index (χ1n) is 5.28. The Bertz CT molecular complexity index is 409. The van der Waals surface area contributed by atoms with E-state index in [2.05, 4.69) is 16.4 Å². The van der Waals surface area contributed by atoms with Crippen LogP contribution in [0.2, 0.25) is 0 Å². The second kappa shape index (κ2) is 5.86. The maximum absolute atomic E-state index is 11.8. The number of aromatic nitrogens is 1. The first-order chi connectivity index (χ1) is 7.69. The molecule has 0 aliphatic carbocycles. The fourth-order valence-corrected chi connectivity index (χ4v) is 1.38. The van der Waals surface area contributed by atoms with Crippen LogP contribution in [0.15, 0.2) is 18.3 Å². The fourth-order valence-electron chi connectivity index (χ4n) is 1.38. The molecule has 1 atom stereocenters. The van der Waals surface area contributed by atoms with Crippen molar-refractivity contribution in [1.82, 2.24) is 10.3 Å². The molecule has 0 radical (unpaired) electrons. The highest BCUT2D eigenvalue weighted by Crippen LogP contribution is 2.04. The average Bonchev–Trinajstić information content (AvgIpc) is 2.28. The lowest BCUT2D eigenvalue weighted by Crippen LogP contribution is -2.35. The molecular formula is C12H15N3O. The Hall–Kier alpha value is -1.89. The molecule has 1 amide bonds. The first-order valence-corrected chi connectivity index (χ1v) is 5.28. The lowest BCUT2D eigenvalue weighted by molar-refractivity contribution is 0.0931. The van der Waals surface area contributed by atoms with Crippen LogP contribution in [0.5, 0.6) is 0 Å².